The van der Waals surface area contributed by atoms with E-state index in [0.29, 0.717) is 18.4 Å². The molecule has 0 bridgehead atoms. The molecule has 5 heteroatoms. The number of hydrogen-bond donors (Lipinski definition) is 1. The third kappa shape index (κ3) is 3.36. The van der Waals surface area contributed by atoms with Crippen LogP contribution < -0.4 is 10.1 Å². The van der Waals surface area contributed by atoms with Gasteiger partial charge < -0.3 is 10.1 Å². The lowest BCUT2D eigenvalue weighted by molar-refractivity contribution is -0.385. The molecule has 5 nitrogen and oxygen atoms in total. The van der Waals surface area contributed by atoms with Gasteiger partial charge in [-0.2, -0.15) is 0 Å². The third-order valence-electron chi connectivity index (χ3n) is 3.39. The lowest BCUT2D eigenvalue weighted by atomic mass is 10.2. The van der Waals surface area contributed by atoms with Gasteiger partial charge in [0.2, 0.25) is 0 Å². The van der Waals surface area contributed by atoms with Crippen LogP contribution in [0.2, 0.25) is 0 Å². The number of benzene rings is 1. The van der Waals surface area contributed by atoms with Crippen molar-refractivity contribution in [1.82, 2.24) is 0 Å². The van der Waals surface area contributed by atoms with Crippen LogP contribution in [0, 0.1) is 16.0 Å². The van der Waals surface area contributed by atoms with Crippen LogP contribution in [0.25, 0.3) is 0 Å². The van der Waals surface area contributed by atoms with Crippen molar-refractivity contribution in [3.8, 4) is 5.75 Å². The van der Waals surface area contributed by atoms with Gasteiger partial charge in [0.05, 0.1) is 11.5 Å². The van der Waals surface area contributed by atoms with Gasteiger partial charge >= 0.3 is 5.69 Å². The number of nitrogens with one attached hydrogen (secondary N) is 1. The van der Waals surface area contributed by atoms with Crippen LogP contribution in [0.1, 0.15) is 33.1 Å². The van der Waals surface area contributed by atoms with Crippen LogP contribution in [-0.4, -0.2) is 17.6 Å². The van der Waals surface area contributed by atoms with Gasteiger partial charge in [-0.15, -0.1) is 0 Å². The first-order chi connectivity index (χ1) is 9.15. The predicted molar refractivity (Wildman–Crippen MR) is 74.7 cm³/mol. The van der Waals surface area contributed by atoms with Crippen molar-refractivity contribution in [2.24, 2.45) is 5.92 Å². The highest BCUT2D eigenvalue weighted by Crippen LogP contribution is 2.38. The molecular formula is C14H20N2O3. The molecule has 2 rings (SSSR count). The van der Waals surface area contributed by atoms with Crippen molar-refractivity contribution in [1.29, 1.82) is 0 Å². The highest BCUT2D eigenvalue weighted by Gasteiger charge is 2.36. The molecule has 104 valence electrons. The Hall–Kier alpha value is -1.78. The topological polar surface area (TPSA) is 64.4 Å². The Balaban J connectivity index is 2.06. The third-order valence-corrected chi connectivity index (χ3v) is 3.39. The second-order valence-electron chi connectivity index (χ2n) is 4.91. The minimum absolute atomic E-state index is 0.0216. The van der Waals surface area contributed by atoms with Crippen molar-refractivity contribution in [3.05, 3.63) is 28.3 Å². The van der Waals surface area contributed by atoms with E-state index >= 15 is 0 Å². The summed E-state index contributed by atoms with van der Waals surface area (Å²) in [4.78, 5) is 10.5. The van der Waals surface area contributed by atoms with Gasteiger partial charge in [-0.25, -0.2) is 0 Å². The van der Waals surface area contributed by atoms with Crippen LogP contribution in [-0.2, 0) is 0 Å². The molecule has 1 N–H and O–H groups in total. The first-order valence-electron chi connectivity index (χ1n) is 6.83. The SMILES string of the molecule is CCCC1CC1Nc1ccc([N+](=O)[O-])c(OCC)c1. The van der Waals surface area contributed by atoms with E-state index in [1.165, 1.54) is 25.3 Å². The lowest BCUT2D eigenvalue weighted by Crippen LogP contribution is -2.05. The molecule has 1 saturated carbocycles. The van der Waals surface area contributed by atoms with E-state index in [9.17, 15) is 10.1 Å². The Kier molecular flexibility index (Phi) is 4.24. The Labute approximate surface area is 113 Å². The zero-order valence-corrected chi connectivity index (χ0v) is 11.4. The second kappa shape index (κ2) is 5.91. The van der Waals surface area contributed by atoms with Crippen LogP contribution in [0.15, 0.2) is 18.2 Å². The van der Waals surface area contributed by atoms with Gasteiger partial charge in [0.1, 0.15) is 0 Å². The van der Waals surface area contributed by atoms with Gasteiger partial charge in [0.25, 0.3) is 0 Å². The monoisotopic (exact) mass is 264 g/mol. The average molecular weight is 264 g/mol. The fraction of sp³-hybridized carbons (Fsp3) is 0.571. The van der Waals surface area contributed by atoms with E-state index in [2.05, 4.69) is 12.2 Å². The van der Waals surface area contributed by atoms with Gasteiger partial charge in [-0.3, -0.25) is 10.1 Å². The van der Waals surface area contributed by atoms with Crippen molar-refractivity contribution in [3.63, 3.8) is 0 Å². The molecule has 0 spiro atoms. The van der Waals surface area contributed by atoms with E-state index in [0.717, 1.165) is 11.6 Å². The molecule has 1 fully saturated rings. The quantitative estimate of drug-likeness (QED) is 0.603. The van der Waals surface area contributed by atoms with Gasteiger partial charge in [-0.1, -0.05) is 13.3 Å². The Bertz CT molecular complexity index is 462. The van der Waals surface area contributed by atoms with Crippen LogP contribution in [0.3, 0.4) is 0 Å². The Morgan fingerprint density at radius 1 is 1.47 bits per heavy atom. The van der Waals surface area contributed by atoms with Crippen molar-refractivity contribution in [2.75, 3.05) is 11.9 Å². The average Bonchev–Trinajstić information content (AvgIpc) is 3.08. The molecule has 2 atom stereocenters. The molecule has 0 saturated heterocycles. The number of nitrogens with zero attached hydrogens (tertiary/aromatic N) is 1. The molecule has 0 aliphatic heterocycles. The van der Waals surface area contributed by atoms with Crippen LogP contribution >= 0.6 is 0 Å². The fourth-order valence-corrected chi connectivity index (χ4v) is 2.35. The fourth-order valence-electron chi connectivity index (χ4n) is 2.35. The maximum Gasteiger partial charge on any atom is 0.311 e. The zero-order valence-electron chi connectivity index (χ0n) is 11.4. The summed E-state index contributed by atoms with van der Waals surface area (Å²) in [5.41, 5.74) is 0.922. The summed E-state index contributed by atoms with van der Waals surface area (Å²) in [5, 5.41) is 14.3. The van der Waals surface area contributed by atoms with Crippen LogP contribution in [0.5, 0.6) is 5.75 Å². The second-order valence-corrected chi connectivity index (χ2v) is 4.91. The Morgan fingerprint density at radius 3 is 2.89 bits per heavy atom. The van der Waals surface area contributed by atoms with Gasteiger partial charge in [0.15, 0.2) is 5.75 Å². The number of hydrogen-bond acceptors (Lipinski definition) is 4. The number of rotatable bonds is 7. The maximum absolute atomic E-state index is 10.9. The number of nitro groups is 1. The lowest BCUT2D eigenvalue weighted by Gasteiger charge is -2.09. The normalized spacial score (nSPS) is 20.9. The van der Waals surface area contributed by atoms with Gasteiger partial charge in [0, 0.05) is 23.9 Å². The van der Waals surface area contributed by atoms with E-state index in [-0.39, 0.29) is 5.69 Å². The summed E-state index contributed by atoms with van der Waals surface area (Å²) in [7, 11) is 0. The summed E-state index contributed by atoms with van der Waals surface area (Å²) in [6, 6.07) is 5.49. The number of nitro benzene ring substituents is 1. The van der Waals surface area contributed by atoms with Crippen molar-refractivity contribution in [2.45, 2.75) is 39.2 Å². The minimum Gasteiger partial charge on any atom is -0.487 e. The molecule has 19 heavy (non-hydrogen) atoms. The predicted octanol–water partition coefficient (Wildman–Crippen LogP) is 3.59. The molecule has 0 radical (unpaired) electrons. The van der Waals surface area contributed by atoms with E-state index in [4.69, 9.17) is 4.74 Å². The summed E-state index contributed by atoms with van der Waals surface area (Å²) in [6.07, 6.45) is 3.63. The molecule has 0 aromatic heterocycles. The summed E-state index contributed by atoms with van der Waals surface area (Å²) in [6.45, 7) is 4.43. The maximum atomic E-state index is 10.9. The minimum atomic E-state index is -0.411. The van der Waals surface area contributed by atoms with E-state index in [1.807, 2.05) is 6.92 Å². The highest BCUT2D eigenvalue weighted by molar-refractivity contribution is 5.58. The molecule has 1 aromatic carbocycles. The largest absolute Gasteiger partial charge is 0.487 e. The first-order valence-corrected chi connectivity index (χ1v) is 6.83. The van der Waals surface area contributed by atoms with Crippen LogP contribution in [0.4, 0.5) is 11.4 Å². The standard InChI is InChI=1S/C14H20N2O3/c1-3-5-10-8-12(10)15-11-6-7-13(16(17)18)14(9-11)19-4-2/h6-7,9-10,12,15H,3-5,8H2,1-2H3. The van der Waals surface area contributed by atoms with Crippen molar-refractivity contribution >= 4 is 11.4 Å². The van der Waals surface area contributed by atoms with Gasteiger partial charge in [-0.05, 0) is 31.7 Å². The summed E-state index contributed by atoms with van der Waals surface area (Å²) < 4.78 is 5.33. The zero-order chi connectivity index (χ0) is 13.8. The smallest absolute Gasteiger partial charge is 0.311 e. The number of ether oxygens (including phenoxy) is 1. The van der Waals surface area contributed by atoms with E-state index < -0.39 is 4.92 Å². The molecule has 1 aromatic rings. The molecule has 0 amide bonds. The summed E-state index contributed by atoms with van der Waals surface area (Å²) in [5.74, 6) is 1.08. The first kappa shape index (κ1) is 13.6. The molecule has 0 heterocycles. The summed E-state index contributed by atoms with van der Waals surface area (Å²) >= 11 is 0. The molecule has 2 unspecified atom stereocenters. The molecule has 1 aliphatic carbocycles. The van der Waals surface area contributed by atoms with E-state index in [1.54, 1.807) is 12.1 Å². The molecular weight excluding hydrogens is 244 g/mol. The number of anilines is 1. The Morgan fingerprint density at radius 2 is 2.26 bits per heavy atom. The highest BCUT2D eigenvalue weighted by atomic mass is 16.6. The van der Waals surface area contributed by atoms with Crippen molar-refractivity contribution < 1.29 is 9.66 Å². The molecule has 1 aliphatic rings.